The van der Waals surface area contributed by atoms with E-state index in [0.29, 0.717) is 0 Å². The molecule has 3 nitrogen and oxygen atoms in total. The summed E-state index contributed by atoms with van der Waals surface area (Å²) >= 11 is 0. The third-order valence-corrected chi connectivity index (χ3v) is 2.15. The number of rotatable bonds is 9. The Hall–Kier alpha value is -1.35. The molecular formula is C14H22O3. The smallest absolute Gasteiger partial charge is 0.328 e. The van der Waals surface area contributed by atoms with E-state index in [1.54, 1.807) is 13.0 Å². The minimum atomic E-state index is -0.923. The van der Waals surface area contributed by atoms with Crippen molar-refractivity contribution in [2.75, 3.05) is 0 Å². The van der Waals surface area contributed by atoms with Gasteiger partial charge in [0.05, 0.1) is 6.10 Å². The molecule has 0 rings (SSSR count). The molecule has 0 heterocycles. The first-order valence-corrected chi connectivity index (χ1v) is 6.02. The van der Waals surface area contributed by atoms with Gasteiger partial charge in [-0.1, -0.05) is 30.4 Å². The van der Waals surface area contributed by atoms with Gasteiger partial charge in [-0.15, -0.1) is 0 Å². The minimum Gasteiger partial charge on any atom is -0.478 e. The van der Waals surface area contributed by atoms with Crippen LogP contribution in [-0.2, 0) is 4.79 Å². The van der Waals surface area contributed by atoms with Gasteiger partial charge in [-0.05, 0) is 39.0 Å². The molecule has 0 aliphatic heterocycles. The van der Waals surface area contributed by atoms with E-state index in [1.165, 1.54) is 6.08 Å². The van der Waals surface area contributed by atoms with Crippen molar-refractivity contribution in [1.82, 2.24) is 0 Å². The number of carboxylic acids is 1. The fourth-order valence-electron chi connectivity index (χ4n) is 1.27. The van der Waals surface area contributed by atoms with Crippen molar-refractivity contribution in [3.63, 3.8) is 0 Å². The zero-order valence-electron chi connectivity index (χ0n) is 10.4. The SMILES string of the molecule is CC(O)CCCC=CCCC=CC=CC(=O)O. The van der Waals surface area contributed by atoms with Gasteiger partial charge in [-0.3, -0.25) is 0 Å². The molecule has 0 radical (unpaired) electrons. The monoisotopic (exact) mass is 238 g/mol. The van der Waals surface area contributed by atoms with E-state index in [2.05, 4.69) is 12.2 Å². The number of hydrogen-bond donors (Lipinski definition) is 2. The fourth-order valence-corrected chi connectivity index (χ4v) is 1.27. The summed E-state index contributed by atoms with van der Waals surface area (Å²) in [5, 5.41) is 17.4. The van der Waals surface area contributed by atoms with Crippen molar-refractivity contribution in [3.05, 3.63) is 36.5 Å². The van der Waals surface area contributed by atoms with Crippen LogP contribution in [0.15, 0.2) is 36.5 Å². The quantitative estimate of drug-likeness (QED) is 0.281. The van der Waals surface area contributed by atoms with E-state index < -0.39 is 5.97 Å². The standard InChI is InChI=1S/C14H22O3/c1-13(15)11-9-7-5-3-2-4-6-8-10-12-14(16)17/h3,5-6,8,10,12-13,15H,2,4,7,9,11H2,1H3,(H,16,17). The molecule has 1 unspecified atom stereocenters. The highest BCUT2D eigenvalue weighted by molar-refractivity contribution is 5.80. The van der Waals surface area contributed by atoms with Gasteiger partial charge < -0.3 is 10.2 Å². The Morgan fingerprint density at radius 3 is 2.41 bits per heavy atom. The maximum absolute atomic E-state index is 10.1. The van der Waals surface area contributed by atoms with E-state index in [9.17, 15) is 4.79 Å². The number of carboxylic acid groups (broad SMARTS) is 1. The number of carbonyl (C=O) groups is 1. The molecule has 2 N–H and O–H groups in total. The van der Waals surface area contributed by atoms with Crippen molar-refractivity contribution < 1.29 is 15.0 Å². The summed E-state index contributed by atoms with van der Waals surface area (Å²) in [5.41, 5.74) is 0. The minimum absolute atomic E-state index is 0.202. The summed E-state index contributed by atoms with van der Waals surface area (Å²) in [7, 11) is 0. The van der Waals surface area contributed by atoms with Gasteiger partial charge in [0.25, 0.3) is 0 Å². The molecule has 0 amide bonds. The molecule has 17 heavy (non-hydrogen) atoms. The van der Waals surface area contributed by atoms with Crippen molar-refractivity contribution in [3.8, 4) is 0 Å². The Morgan fingerprint density at radius 1 is 1.12 bits per heavy atom. The highest BCUT2D eigenvalue weighted by Gasteiger charge is 1.92. The van der Waals surface area contributed by atoms with Gasteiger partial charge in [0.15, 0.2) is 0 Å². The van der Waals surface area contributed by atoms with Crippen LogP contribution in [0, 0.1) is 0 Å². The van der Waals surface area contributed by atoms with Crippen LogP contribution < -0.4 is 0 Å². The van der Waals surface area contributed by atoms with E-state index in [1.807, 2.05) is 6.08 Å². The van der Waals surface area contributed by atoms with Crippen molar-refractivity contribution in [2.24, 2.45) is 0 Å². The van der Waals surface area contributed by atoms with Crippen LogP contribution in [0.2, 0.25) is 0 Å². The van der Waals surface area contributed by atoms with Gasteiger partial charge in [-0.2, -0.15) is 0 Å². The lowest BCUT2D eigenvalue weighted by atomic mass is 10.1. The highest BCUT2D eigenvalue weighted by Crippen LogP contribution is 2.02. The topological polar surface area (TPSA) is 57.5 Å². The van der Waals surface area contributed by atoms with Crippen LogP contribution in [0.25, 0.3) is 0 Å². The number of unbranched alkanes of at least 4 members (excludes halogenated alkanes) is 2. The molecule has 0 aromatic heterocycles. The molecule has 0 saturated heterocycles. The van der Waals surface area contributed by atoms with Crippen molar-refractivity contribution in [1.29, 1.82) is 0 Å². The number of hydrogen-bond acceptors (Lipinski definition) is 2. The van der Waals surface area contributed by atoms with Crippen molar-refractivity contribution in [2.45, 2.75) is 45.1 Å². The summed E-state index contributed by atoms with van der Waals surface area (Å²) < 4.78 is 0. The first kappa shape index (κ1) is 15.7. The molecule has 0 aliphatic carbocycles. The third-order valence-electron chi connectivity index (χ3n) is 2.15. The van der Waals surface area contributed by atoms with Crippen LogP contribution in [0.3, 0.4) is 0 Å². The van der Waals surface area contributed by atoms with E-state index >= 15 is 0 Å². The summed E-state index contributed by atoms with van der Waals surface area (Å²) in [6.45, 7) is 1.80. The first-order valence-electron chi connectivity index (χ1n) is 6.02. The van der Waals surface area contributed by atoms with Crippen LogP contribution in [0.1, 0.15) is 39.0 Å². The molecule has 0 fully saturated rings. The van der Waals surface area contributed by atoms with Gasteiger partial charge in [0.1, 0.15) is 0 Å². The van der Waals surface area contributed by atoms with Gasteiger partial charge in [0, 0.05) is 6.08 Å². The Balaban J connectivity index is 3.38. The maximum atomic E-state index is 10.1. The lowest BCUT2D eigenvalue weighted by Gasteiger charge is -1.99. The molecule has 0 spiro atoms. The Bertz CT molecular complexity index is 275. The second-order valence-electron chi connectivity index (χ2n) is 3.95. The highest BCUT2D eigenvalue weighted by atomic mass is 16.4. The molecular weight excluding hydrogens is 216 g/mol. The molecule has 3 heteroatoms. The van der Waals surface area contributed by atoms with E-state index in [4.69, 9.17) is 10.2 Å². The Morgan fingerprint density at radius 2 is 1.76 bits per heavy atom. The zero-order chi connectivity index (χ0) is 12.9. The summed E-state index contributed by atoms with van der Waals surface area (Å²) in [4.78, 5) is 10.1. The predicted octanol–water partition coefficient (Wildman–Crippen LogP) is 3.07. The van der Waals surface area contributed by atoms with Crippen LogP contribution in [0.4, 0.5) is 0 Å². The summed E-state index contributed by atoms with van der Waals surface area (Å²) in [5.74, 6) is -0.923. The molecule has 96 valence electrons. The second kappa shape index (κ2) is 11.1. The number of allylic oxidation sites excluding steroid dienone is 5. The van der Waals surface area contributed by atoms with Gasteiger partial charge in [0.2, 0.25) is 0 Å². The van der Waals surface area contributed by atoms with Crippen molar-refractivity contribution >= 4 is 5.97 Å². The molecule has 1 atom stereocenters. The third kappa shape index (κ3) is 14.7. The maximum Gasteiger partial charge on any atom is 0.328 e. The molecule has 0 saturated carbocycles. The van der Waals surface area contributed by atoms with Gasteiger partial charge in [-0.25, -0.2) is 4.79 Å². The second-order valence-corrected chi connectivity index (χ2v) is 3.95. The predicted molar refractivity (Wildman–Crippen MR) is 69.8 cm³/mol. The van der Waals surface area contributed by atoms with E-state index in [0.717, 1.165) is 38.2 Å². The summed E-state index contributed by atoms with van der Waals surface area (Å²) in [6, 6.07) is 0. The van der Waals surface area contributed by atoms with Crippen LogP contribution >= 0.6 is 0 Å². The van der Waals surface area contributed by atoms with Crippen LogP contribution in [-0.4, -0.2) is 22.3 Å². The lowest BCUT2D eigenvalue weighted by Crippen LogP contribution is -1.97. The summed E-state index contributed by atoms with van der Waals surface area (Å²) in [6.07, 6.45) is 15.1. The van der Waals surface area contributed by atoms with Crippen LogP contribution in [0.5, 0.6) is 0 Å². The largest absolute Gasteiger partial charge is 0.478 e. The molecule has 0 bridgehead atoms. The number of aliphatic carboxylic acids is 1. The molecule has 0 aromatic carbocycles. The van der Waals surface area contributed by atoms with E-state index in [-0.39, 0.29) is 6.10 Å². The number of aliphatic hydroxyl groups excluding tert-OH is 1. The average Bonchev–Trinajstić information content (AvgIpc) is 2.25. The normalized spacial score (nSPS) is 14.0. The zero-order valence-corrected chi connectivity index (χ0v) is 10.4. The molecule has 0 aromatic rings. The first-order chi connectivity index (χ1) is 8.13. The number of aliphatic hydroxyl groups is 1. The Kier molecular flexibility index (Phi) is 10.3. The average molecular weight is 238 g/mol. The van der Waals surface area contributed by atoms with Gasteiger partial charge >= 0.3 is 5.97 Å². The Labute approximate surface area is 103 Å². The molecule has 0 aliphatic rings. The lowest BCUT2D eigenvalue weighted by molar-refractivity contribution is -0.131. The fraction of sp³-hybridized carbons (Fsp3) is 0.500.